The molecule has 0 radical (unpaired) electrons. The van der Waals surface area contributed by atoms with Gasteiger partial charge in [0.25, 0.3) is 5.56 Å². The molecule has 2 heterocycles. The third kappa shape index (κ3) is 3.73. The zero-order chi connectivity index (χ0) is 19.6. The van der Waals surface area contributed by atoms with E-state index in [0.717, 1.165) is 35.8 Å². The molecule has 2 aromatic rings. The van der Waals surface area contributed by atoms with Gasteiger partial charge in [0, 0.05) is 16.8 Å². The summed E-state index contributed by atoms with van der Waals surface area (Å²) >= 11 is 1.53. The molecule has 0 atom stereocenters. The van der Waals surface area contributed by atoms with Crippen LogP contribution < -0.4 is 17.0 Å². The van der Waals surface area contributed by atoms with E-state index in [-0.39, 0.29) is 17.9 Å². The minimum absolute atomic E-state index is 0.209. The molecule has 1 aliphatic rings. The molecule has 0 aromatic carbocycles. The lowest BCUT2D eigenvalue weighted by Crippen LogP contribution is -2.37. The number of H-pyrrole nitrogens is 1. The zero-order valence-corrected chi connectivity index (χ0v) is 15.8. The van der Waals surface area contributed by atoms with Crippen molar-refractivity contribution in [3.05, 3.63) is 47.8 Å². The quantitative estimate of drug-likeness (QED) is 0.568. The van der Waals surface area contributed by atoms with Crippen molar-refractivity contribution in [3.63, 3.8) is 0 Å². The van der Waals surface area contributed by atoms with Gasteiger partial charge in [-0.15, -0.1) is 11.3 Å². The van der Waals surface area contributed by atoms with E-state index in [0.29, 0.717) is 12.0 Å². The van der Waals surface area contributed by atoms with Crippen molar-refractivity contribution in [2.45, 2.75) is 45.6 Å². The van der Waals surface area contributed by atoms with Gasteiger partial charge in [-0.1, -0.05) is 6.92 Å². The molecule has 0 fully saturated rings. The van der Waals surface area contributed by atoms with E-state index in [1.807, 2.05) is 6.92 Å². The number of carbonyl (C=O) groups is 2. The largest absolute Gasteiger partial charge is 0.454 e. The molecule has 27 heavy (non-hydrogen) atoms. The molecule has 0 saturated heterocycles. The molecule has 3 N–H and O–H groups in total. The molecule has 9 heteroatoms. The van der Waals surface area contributed by atoms with Crippen molar-refractivity contribution in [1.82, 2.24) is 9.55 Å². The Labute approximate surface area is 159 Å². The number of thiophene rings is 1. The Balaban J connectivity index is 1.77. The maximum Gasteiger partial charge on any atom is 0.339 e. The first-order valence-electron chi connectivity index (χ1n) is 8.86. The van der Waals surface area contributed by atoms with Crippen molar-refractivity contribution < 1.29 is 14.3 Å². The van der Waals surface area contributed by atoms with Crippen molar-refractivity contribution in [1.29, 1.82) is 0 Å². The van der Waals surface area contributed by atoms with Crippen LogP contribution >= 0.6 is 11.3 Å². The van der Waals surface area contributed by atoms with Crippen LogP contribution in [0.3, 0.4) is 0 Å². The van der Waals surface area contributed by atoms with Crippen LogP contribution in [-0.2, 0) is 24.1 Å². The lowest BCUT2D eigenvalue weighted by Gasteiger charge is -2.13. The second-order valence-electron chi connectivity index (χ2n) is 6.43. The van der Waals surface area contributed by atoms with Gasteiger partial charge in [-0.25, -0.2) is 9.59 Å². The Hall–Kier alpha value is -2.68. The van der Waals surface area contributed by atoms with Crippen molar-refractivity contribution in [2.75, 3.05) is 12.3 Å². The van der Waals surface area contributed by atoms with E-state index in [2.05, 4.69) is 4.98 Å². The summed E-state index contributed by atoms with van der Waals surface area (Å²) in [5.74, 6) is -1.53. The average Bonchev–Trinajstić information content (AvgIpc) is 3.07. The molecule has 0 bridgehead atoms. The predicted octanol–water partition coefficient (Wildman–Crippen LogP) is 1.51. The van der Waals surface area contributed by atoms with Crippen LogP contribution in [0.4, 0.5) is 5.82 Å². The molecule has 0 saturated carbocycles. The lowest BCUT2D eigenvalue weighted by molar-refractivity contribution is 0.0473. The number of rotatable bonds is 6. The van der Waals surface area contributed by atoms with E-state index in [1.165, 1.54) is 16.2 Å². The monoisotopic (exact) mass is 391 g/mol. The number of fused-ring (bicyclic) bond motifs is 1. The summed E-state index contributed by atoms with van der Waals surface area (Å²) in [4.78, 5) is 51.9. The number of hydrogen-bond donors (Lipinski definition) is 2. The number of nitrogen functional groups attached to an aromatic ring is 1. The molecule has 0 spiro atoms. The van der Waals surface area contributed by atoms with Gasteiger partial charge in [0.05, 0.1) is 5.56 Å². The van der Waals surface area contributed by atoms with Crippen LogP contribution in [-0.4, -0.2) is 27.9 Å². The number of aryl methyl sites for hydroxylation is 1. The van der Waals surface area contributed by atoms with Gasteiger partial charge in [0.15, 0.2) is 6.61 Å². The van der Waals surface area contributed by atoms with Crippen LogP contribution in [0.25, 0.3) is 0 Å². The molecule has 0 aliphatic heterocycles. The van der Waals surface area contributed by atoms with Crippen LogP contribution in [0, 0.1) is 0 Å². The Kier molecular flexibility index (Phi) is 5.59. The number of aromatic nitrogens is 2. The molecule has 3 rings (SSSR count). The molecule has 0 amide bonds. The molecule has 8 nitrogen and oxygen atoms in total. The number of nitrogens with zero attached hydrogens (tertiary/aromatic N) is 1. The minimum Gasteiger partial charge on any atom is -0.454 e. The van der Waals surface area contributed by atoms with E-state index in [9.17, 15) is 19.2 Å². The number of nitrogens with one attached hydrogen (secondary N) is 1. The summed E-state index contributed by atoms with van der Waals surface area (Å²) in [5, 5.41) is 1.76. The molecule has 0 unspecified atom stereocenters. The Morgan fingerprint density at radius 3 is 2.78 bits per heavy atom. The van der Waals surface area contributed by atoms with Gasteiger partial charge in [-0.05, 0) is 37.7 Å². The van der Waals surface area contributed by atoms with E-state index < -0.39 is 29.6 Å². The fourth-order valence-electron chi connectivity index (χ4n) is 3.25. The number of nitrogens with two attached hydrogens (primary N) is 1. The number of Topliss-reactive ketones (excluding diaryl/α,β-unsaturated/α-hetero) is 1. The lowest BCUT2D eigenvalue weighted by atomic mass is 9.96. The smallest absolute Gasteiger partial charge is 0.339 e. The SMILES string of the molecule is CCCn1c(N)c(C(=O)COC(=O)c2csc3c2CCCC3)c(=O)[nH]c1=O. The number of ketones is 1. The molecular formula is C18H21N3O5S. The summed E-state index contributed by atoms with van der Waals surface area (Å²) in [6.45, 7) is 1.49. The number of carbonyl (C=O) groups excluding carboxylic acids is 2. The fourth-order valence-corrected chi connectivity index (χ4v) is 4.36. The number of ether oxygens (including phenoxy) is 1. The molecule has 144 valence electrons. The second-order valence-corrected chi connectivity index (χ2v) is 7.39. The first-order valence-corrected chi connectivity index (χ1v) is 9.74. The zero-order valence-electron chi connectivity index (χ0n) is 15.0. The highest BCUT2D eigenvalue weighted by molar-refractivity contribution is 7.10. The number of esters is 1. The van der Waals surface area contributed by atoms with Crippen LogP contribution in [0.2, 0.25) is 0 Å². The highest BCUT2D eigenvalue weighted by atomic mass is 32.1. The Bertz CT molecular complexity index is 1000. The fraction of sp³-hybridized carbons (Fsp3) is 0.444. The summed E-state index contributed by atoms with van der Waals surface area (Å²) < 4.78 is 6.26. The third-order valence-corrected chi connectivity index (χ3v) is 5.67. The molecule has 2 aromatic heterocycles. The molecular weight excluding hydrogens is 370 g/mol. The maximum absolute atomic E-state index is 12.4. The van der Waals surface area contributed by atoms with Gasteiger partial charge in [-0.2, -0.15) is 0 Å². The number of anilines is 1. The topological polar surface area (TPSA) is 124 Å². The van der Waals surface area contributed by atoms with Gasteiger partial charge >= 0.3 is 11.7 Å². The van der Waals surface area contributed by atoms with E-state index >= 15 is 0 Å². The standard InChI is InChI=1S/C18H21N3O5S/c1-2-7-21-15(19)14(16(23)20-18(21)25)12(22)8-26-17(24)11-9-27-13-6-4-3-5-10(11)13/h9H,2-8,19H2,1H3,(H,20,23,25). The summed E-state index contributed by atoms with van der Waals surface area (Å²) in [5.41, 5.74) is 5.43. The van der Waals surface area contributed by atoms with Crippen molar-refractivity contribution in [3.8, 4) is 0 Å². The average molecular weight is 391 g/mol. The normalized spacial score (nSPS) is 13.2. The van der Waals surface area contributed by atoms with Gasteiger partial charge in [0.1, 0.15) is 11.4 Å². The highest BCUT2D eigenvalue weighted by Gasteiger charge is 2.24. The summed E-state index contributed by atoms with van der Waals surface area (Å²) in [6, 6.07) is 0. The maximum atomic E-state index is 12.4. The predicted molar refractivity (Wildman–Crippen MR) is 102 cm³/mol. The van der Waals surface area contributed by atoms with E-state index in [4.69, 9.17) is 10.5 Å². The first-order chi connectivity index (χ1) is 12.9. The van der Waals surface area contributed by atoms with Gasteiger partial charge in [0.2, 0.25) is 5.78 Å². The highest BCUT2D eigenvalue weighted by Crippen LogP contribution is 2.30. The first kappa shape index (κ1) is 19.1. The van der Waals surface area contributed by atoms with Crippen molar-refractivity contribution >= 4 is 28.9 Å². The van der Waals surface area contributed by atoms with Crippen LogP contribution in [0.1, 0.15) is 57.3 Å². The minimum atomic E-state index is -0.876. The Morgan fingerprint density at radius 2 is 2.04 bits per heavy atom. The van der Waals surface area contributed by atoms with Crippen LogP contribution in [0.5, 0.6) is 0 Å². The second kappa shape index (κ2) is 7.91. The summed E-state index contributed by atoms with van der Waals surface area (Å²) in [7, 11) is 0. The number of aromatic amines is 1. The van der Waals surface area contributed by atoms with Gasteiger partial charge < -0.3 is 10.5 Å². The van der Waals surface area contributed by atoms with Crippen LogP contribution in [0.15, 0.2) is 15.0 Å². The number of hydrogen-bond acceptors (Lipinski definition) is 7. The Morgan fingerprint density at radius 1 is 1.30 bits per heavy atom. The van der Waals surface area contributed by atoms with Gasteiger partial charge in [-0.3, -0.25) is 19.1 Å². The molecule has 1 aliphatic carbocycles. The van der Waals surface area contributed by atoms with E-state index in [1.54, 1.807) is 5.38 Å². The third-order valence-electron chi connectivity index (χ3n) is 4.58. The van der Waals surface area contributed by atoms with Crippen molar-refractivity contribution in [2.24, 2.45) is 0 Å². The summed E-state index contributed by atoms with van der Waals surface area (Å²) in [6.07, 6.45) is 4.51.